The molecular formula is C34H33BClF6N6O2. The molecule has 2 aromatic carbocycles. The second kappa shape index (κ2) is 14.1. The minimum atomic E-state index is -4.39. The van der Waals surface area contributed by atoms with Gasteiger partial charge in [-0.15, -0.1) is 0 Å². The van der Waals surface area contributed by atoms with E-state index in [0.29, 0.717) is 36.2 Å². The molecule has 2 atom stereocenters. The smallest absolute Gasteiger partial charge is 0.537 e. The molecule has 0 amide bonds. The Morgan fingerprint density at radius 2 is 1.32 bits per heavy atom. The van der Waals surface area contributed by atoms with Crippen molar-refractivity contribution in [3.8, 4) is 17.0 Å². The maximum absolute atomic E-state index is 12.9. The number of pyridine rings is 2. The van der Waals surface area contributed by atoms with Gasteiger partial charge in [0.1, 0.15) is 10.9 Å². The number of anilines is 4. The fraction of sp³-hybridized carbons (Fsp3) is 0.353. The maximum atomic E-state index is 12.9. The fourth-order valence-corrected chi connectivity index (χ4v) is 6.90. The summed E-state index contributed by atoms with van der Waals surface area (Å²) in [6, 6.07) is 14.3. The van der Waals surface area contributed by atoms with E-state index in [0.717, 1.165) is 79.8 Å². The first kappa shape index (κ1) is 35.5. The molecule has 16 heteroatoms. The van der Waals surface area contributed by atoms with Crippen LogP contribution >= 0.6 is 11.6 Å². The Morgan fingerprint density at radius 3 is 1.90 bits per heavy atom. The third kappa shape index (κ3) is 7.83. The van der Waals surface area contributed by atoms with Gasteiger partial charge in [-0.1, -0.05) is 29.8 Å². The van der Waals surface area contributed by atoms with Crippen molar-refractivity contribution in [3.63, 3.8) is 0 Å². The van der Waals surface area contributed by atoms with E-state index in [9.17, 15) is 26.3 Å². The molecule has 4 aliphatic rings. The summed E-state index contributed by atoms with van der Waals surface area (Å²) in [5.41, 5.74) is 4.17. The number of halogens is 7. The molecule has 0 unspecified atom stereocenters. The van der Waals surface area contributed by atoms with Crippen LogP contribution in [0.4, 0.5) is 49.4 Å². The number of hydrogen-bond acceptors (Lipinski definition) is 8. The first-order valence-corrected chi connectivity index (χ1v) is 16.3. The Hall–Kier alpha value is -4.37. The predicted molar refractivity (Wildman–Crippen MR) is 182 cm³/mol. The minimum Gasteiger partial charge on any atom is -0.537 e. The summed E-state index contributed by atoms with van der Waals surface area (Å²) in [6.07, 6.45) is -6.47. The van der Waals surface area contributed by atoms with Crippen LogP contribution in [-0.2, 0) is 12.4 Å². The molecule has 8 nitrogen and oxygen atoms in total. The molecule has 0 aliphatic carbocycles. The highest BCUT2D eigenvalue weighted by Crippen LogP contribution is 2.40. The monoisotopic (exact) mass is 717 g/mol. The van der Waals surface area contributed by atoms with Crippen molar-refractivity contribution in [1.82, 2.24) is 9.97 Å². The molecule has 263 valence electrons. The Bertz CT molecular complexity index is 1860. The second-order valence-corrected chi connectivity index (χ2v) is 12.8. The summed E-state index contributed by atoms with van der Waals surface area (Å²) >= 11 is 5.93. The van der Waals surface area contributed by atoms with Crippen molar-refractivity contribution in [1.29, 1.82) is 0 Å². The Balaban J connectivity index is 0.000000138. The number of nitrogens with zero attached hydrogens (tertiary/aromatic N) is 4. The quantitative estimate of drug-likeness (QED) is 0.113. The number of aryl methyl sites for hydroxylation is 2. The average Bonchev–Trinajstić information content (AvgIpc) is 3.62. The van der Waals surface area contributed by atoms with Gasteiger partial charge in [-0.25, -0.2) is 9.97 Å². The summed E-state index contributed by atoms with van der Waals surface area (Å²) in [7, 11) is 0.329. The molecule has 8 rings (SSSR count). The van der Waals surface area contributed by atoms with Gasteiger partial charge in [0.25, 0.3) is 0 Å². The van der Waals surface area contributed by atoms with E-state index in [-0.39, 0.29) is 5.75 Å². The van der Waals surface area contributed by atoms with E-state index in [1.54, 1.807) is 6.07 Å². The lowest BCUT2D eigenvalue weighted by Crippen LogP contribution is -2.33. The van der Waals surface area contributed by atoms with Gasteiger partial charge < -0.3 is 30.1 Å². The lowest BCUT2D eigenvalue weighted by Gasteiger charge is -2.29. The van der Waals surface area contributed by atoms with Gasteiger partial charge in [0.05, 0.1) is 28.2 Å². The molecular weight excluding hydrogens is 685 g/mol. The number of nitrogens with one attached hydrogen (secondary N) is 2. The van der Waals surface area contributed by atoms with Gasteiger partial charge in [-0.3, -0.25) is 0 Å². The summed E-state index contributed by atoms with van der Waals surface area (Å²) in [6.45, 7) is 8.28. The molecule has 2 saturated heterocycles. The lowest BCUT2D eigenvalue weighted by molar-refractivity contribution is -0.138. The minimum absolute atomic E-state index is 0.0580. The van der Waals surface area contributed by atoms with Gasteiger partial charge >= 0.3 is 20.0 Å². The van der Waals surface area contributed by atoms with Crippen molar-refractivity contribution in [3.05, 3.63) is 88.1 Å². The Kier molecular flexibility index (Phi) is 10.0. The topological polar surface area (TPSA) is 85.8 Å². The molecule has 4 bridgehead atoms. The standard InChI is InChI=1S/C17H16F3N3.C10H12ClN3.C7H5BF3O2/c1-10-7-14(11-3-2-4-12(8-11)17(18,19)20)22-16-15(10)23-6-5-13(9-23)21-16;1-6-4-8(11)13-10-9(6)14-3-2-7(5-14)12-10;9-7(10,11)5-2-1-3-6(4-5)13-8-12/h2-4,7-8,13H,5-6,9H2,1H3,(H,21,22);4,7H,2-3,5H2,1H3,(H,12,13);1-4,12H/t13-;7-;/m00./s1. The zero-order chi connectivity index (χ0) is 35.8. The number of benzene rings is 2. The number of alkyl halides is 6. The zero-order valence-corrected chi connectivity index (χ0v) is 27.8. The molecule has 0 spiro atoms. The molecule has 1 radical (unpaired) electrons. The van der Waals surface area contributed by atoms with Crippen LogP contribution in [0.2, 0.25) is 5.15 Å². The van der Waals surface area contributed by atoms with E-state index in [1.807, 2.05) is 19.1 Å². The molecule has 3 N–H and O–H groups in total. The van der Waals surface area contributed by atoms with Crippen molar-refractivity contribution < 1.29 is 36.0 Å². The molecule has 6 heterocycles. The van der Waals surface area contributed by atoms with Crippen molar-refractivity contribution in [2.24, 2.45) is 0 Å². The molecule has 4 aromatic rings. The van der Waals surface area contributed by atoms with Crippen LogP contribution in [0.1, 0.15) is 35.1 Å². The summed E-state index contributed by atoms with van der Waals surface area (Å²) in [5.74, 6) is 1.69. The van der Waals surface area contributed by atoms with Crippen LogP contribution in [0.25, 0.3) is 11.3 Å². The van der Waals surface area contributed by atoms with Crippen molar-refractivity contribution in [2.45, 2.75) is 51.1 Å². The number of rotatable bonds is 3. The summed E-state index contributed by atoms with van der Waals surface area (Å²) < 4.78 is 79.3. The van der Waals surface area contributed by atoms with Gasteiger partial charge in [-0.05, 0) is 80.3 Å². The predicted octanol–water partition coefficient (Wildman–Crippen LogP) is 7.74. The van der Waals surface area contributed by atoms with Crippen LogP contribution in [0, 0.1) is 13.8 Å². The summed E-state index contributed by atoms with van der Waals surface area (Å²) in [4.78, 5) is 13.6. The van der Waals surface area contributed by atoms with Crippen LogP contribution in [-0.4, -0.2) is 60.9 Å². The average molecular weight is 718 g/mol. The van der Waals surface area contributed by atoms with Gasteiger partial charge in [-0.2, -0.15) is 26.3 Å². The van der Waals surface area contributed by atoms with Gasteiger partial charge in [0, 0.05) is 43.8 Å². The van der Waals surface area contributed by atoms with Crippen LogP contribution in [0.5, 0.6) is 5.75 Å². The first-order valence-electron chi connectivity index (χ1n) is 15.9. The van der Waals surface area contributed by atoms with E-state index < -0.39 is 23.5 Å². The third-order valence-corrected chi connectivity index (χ3v) is 9.06. The van der Waals surface area contributed by atoms with E-state index in [1.165, 1.54) is 35.9 Å². The zero-order valence-electron chi connectivity index (χ0n) is 27.0. The largest absolute Gasteiger partial charge is 0.569 e. The third-order valence-electron chi connectivity index (χ3n) is 8.86. The van der Waals surface area contributed by atoms with E-state index in [4.69, 9.17) is 16.6 Å². The normalized spacial score (nSPS) is 18.4. The van der Waals surface area contributed by atoms with Crippen molar-refractivity contribution >= 4 is 42.3 Å². The lowest BCUT2D eigenvalue weighted by atomic mass is 10.0. The highest BCUT2D eigenvalue weighted by atomic mass is 35.5. The van der Waals surface area contributed by atoms with Crippen molar-refractivity contribution in [2.75, 3.05) is 46.6 Å². The van der Waals surface area contributed by atoms with Crippen LogP contribution in [0.15, 0.2) is 60.7 Å². The number of aromatic nitrogens is 2. The van der Waals surface area contributed by atoms with Gasteiger partial charge in [0.15, 0.2) is 11.6 Å². The molecule has 50 heavy (non-hydrogen) atoms. The molecule has 4 aliphatic heterocycles. The second-order valence-electron chi connectivity index (χ2n) is 12.5. The first-order chi connectivity index (χ1) is 23.7. The number of fused-ring (bicyclic) bond motifs is 8. The maximum Gasteiger partial charge on any atom is 0.569 e. The van der Waals surface area contributed by atoms with E-state index in [2.05, 4.69) is 42.0 Å². The molecule has 2 aromatic heterocycles. The molecule has 0 saturated carbocycles. The Labute approximate surface area is 290 Å². The van der Waals surface area contributed by atoms with E-state index >= 15 is 0 Å². The Morgan fingerprint density at radius 1 is 0.780 bits per heavy atom. The number of hydrogen-bond donors (Lipinski definition) is 3. The van der Waals surface area contributed by atoms with Gasteiger partial charge in [0.2, 0.25) is 0 Å². The fourth-order valence-electron chi connectivity index (χ4n) is 6.65. The van der Waals surface area contributed by atoms with Crippen LogP contribution < -0.4 is 25.1 Å². The molecule has 2 fully saturated rings. The highest BCUT2D eigenvalue weighted by Gasteiger charge is 2.34. The SMILES string of the molecule is Cc1cc(-c2cccc(C(F)(F)F)c2)nc2c1N1CC[C@@H](C1)N2.Cc1cc(Cl)nc2c1N1CC[C@@H](C1)N2.O[B]Oc1cccc(C(F)(F)F)c1. The highest BCUT2D eigenvalue weighted by molar-refractivity contribution is 6.29. The summed E-state index contributed by atoms with van der Waals surface area (Å²) in [5, 5.41) is 15.6. The van der Waals surface area contributed by atoms with Crippen LogP contribution in [0.3, 0.4) is 0 Å².